The fourth-order valence-corrected chi connectivity index (χ4v) is 1.83. The van der Waals surface area contributed by atoms with Crippen LogP contribution in [0.3, 0.4) is 0 Å². The van der Waals surface area contributed by atoms with E-state index in [4.69, 9.17) is 5.11 Å². The highest BCUT2D eigenvalue weighted by Crippen LogP contribution is 2.20. The fraction of sp³-hybridized carbons (Fsp3) is 0.500. The number of hydrogen-bond acceptors (Lipinski definition) is 1. The molecule has 1 rings (SSSR count). The Kier molecular flexibility index (Phi) is 4.11. The summed E-state index contributed by atoms with van der Waals surface area (Å²) < 4.78 is 0.760. The highest BCUT2D eigenvalue weighted by Gasteiger charge is 2.24. The normalized spacial score (nSPS) is 20.0. The first-order valence-electron chi connectivity index (χ1n) is 5.16. The Morgan fingerprint density at radius 3 is 2.86 bits per heavy atom. The van der Waals surface area contributed by atoms with Crippen molar-refractivity contribution in [1.29, 1.82) is 0 Å². The van der Waals surface area contributed by atoms with Gasteiger partial charge in [0.2, 0.25) is 0 Å². The number of nitrogens with zero attached hydrogens (tertiary/aromatic N) is 1. The monoisotopic (exact) mass is 194 g/mol. The Hall–Kier alpha value is -0.860. The van der Waals surface area contributed by atoms with Gasteiger partial charge >= 0.3 is 0 Å². The van der Waals surface area contributed by atoms with Gasteiger partial charge in [-0.25, -0.2) is 0 Å². The minimum atomic E-state index is 0.218. The van der Waals surface area contributed by atoms with Crippen molar-refractivity contribution in [3.8, 4) is 0 Å². The van der Waals surface area contributed by atoms with Crippen molar-refractivity contribution in [2.24, 2.45) is 0 Å². The largest absolute Gasteiger partial charge is 0.390 e. The Morgan fingerprint density at radius 1 is 1.57 bits per heavy atom. The van der Waals surface area contributed by atoms with Crippen molar-refractivity contribution in [3.63, 3.8) is 0 Å². The molecule has 0 fully saturated rings. The second-order valence-electron chi connectivity index (χ2n) is 3.92. The lowest BCUT2D eigenvalue weighted by atomic mass is 10.1. The molecule has 2 heteroatoms. The molecule has 1 aliphatic rings. The third kappa shape index (κ3) is 2.56. The maximum atomic E-state index is 9.06. The summed E-state index contributed by atoms with van der Waals surface area (Å²) in [4.78, 5) is 0. The van der Waals surface area contributed by atoms with E-state index in [9.17, 15) is 0 Å². The molecule has 0 aliphatic heterocycles. The van der Waals surface area contributed by atoms with Gasteiger partial charge in [0.25, 0.3) is 0 Å². The number of aliphatic hydroxyl groups is 1. The molecular weight excluding hydrogens is 174 g/mol. The molecule has 0 spiro atoms. The number of quaternary nitrogens is 1. The van der Waals surface area contributed by atoms with E-state index in [2.05, 4.69) is 31.9 Å². The minimum Gasteiger partial charge on any atom is -0.390 e. The Bertz CT molecular complexity index is 255. The van der Waals surface area contributed by atoms with Gasteiger partial charge in [-0.3, -0.25) is 4.48 Å². The molecule has 14 heavy (non-hydrogen) atoms. The highest BCUT2D eigenvalue weighted by atomic mass is 16.3. The molecule has 0 heterocycles. The van der Waals surface area contributed by atoms with Gasteiger partial charge in [-0.1, -0.05) is 12.7 Å². The summed E-state index contributed by atoms with van der Waals surface area (Å²) in [5.74, 6) is 0. The zero-order chi connectivity index (χ0) is 10.4. The van der Waals surface area contributed by atoms with Crippen LogP contribution in [0.25, 0.3) is 0 Å². The molecule has 0 aromatic heterocycles. The van der Waals surface area contributed by atoms with Gasteiger partial charge in [0.15, 0.2) is 0 Å². The van der Waals surface area contributed by atoms with Crippen LogP contribution in [0.4, 0.5) is 0 Å². The average Bonchev–Trinajstić information content (AvgIpc) is 2.20. The lowest BCUT2D eigenvalue weighted by molar-refractivity contribution is -0.864. The van der Waals surface area contributed by atoms with Crippen molar-refractivity contribution in [2.45, 2.75) is 12.8 Å². The van der Waals surface area contributed by atoms with E-state index in [-0.39, 0.29) is 6.61 Å². The van der Waals surface area contributed by atoms with E-state index in [1.807, 2.05) is 6.08 Å². The van der Waals surface area contributed by atoms with Gasteiger partial charge in [0, 0.05) is 0 Å². The average molecular weight is 194 g/mol. The summed E-state index contributed by atoms with van der Waals surface area (Å²) in [5, 5.41) is 9.06. The molecule has 78 valence electrons. The number of hydrogen-bond donors (Lipinski definition) is 1. The highest BCUT2D eigenvalue weighted by molar-refractivity contribution is 5.16. The molecule has 2 nitrogen and oxygen atoms in total. The first-order chi connectivity index (χ1) is 6.73. The standard InChI is InChI=1S/C12H20NO/c1-3-9-13(2,10-11-14)12-7-5-4-6-8-12/h3,5,7-8,14H,1,4,6,9-11H2,2H3/q+1. The summed E-state index contributed by atoms with van der Waals surface area (Å²) in [6.07, 6.45) is 10.8. The molecule has 1 unspecified atom stereocenters. The summed E-state index contributed by atoms with van der Waals surface area (Å²) in [6.45, 7) is 5.62. The predicted octanol–water partition coefficient (Wildman–Crippen LogP) is 1.85. The fourth-order valence-electron chi connectivity index (χ4n) is 1.83. The second-order valence-corrected chi connectivity index (χ2v) is 3.92. The molecule has 0 amide bonds. The molecule has 0 bridgehead atoms. The molecule has 1 aliphatic carbocycles. The molecular formula is C12H20NO+. The maximum absolute atomic E-state index is 9.06. The van der Waals surface area contributed by atoms with Crippen LogP contribution in [-0.2, 0) is 0 Å². The van der Waals surface area contributed by atoms with Gasteiger partial charge in [0.1, 0.15) is 18.8 Å². The van der Waals surface area contributed by atoms with Crippen LogP contribution in [0.2, 0.25) is 0 Å². The quantitative estimate of drug-likeness (QED) is 0.523. The van der Waals surface area contributed by atoms with Gasteiger partial charge in [-0.2, -0.15) is 0 Å². The van der Waals surface area contributed by atoms with E-state index in [0.29, 0.717) is 0 Å². The molecule has 1 atom stereocenters. The summed E-state index contributed by atoms with van der Waals surface area (Å²) in [6, 6.07) is 0. The van der Waals surface area contributed by atoms with E-state index in [1.165, 1.54) is 5.70 Å². The summed E-state index contributed by atoms with van der Waals surface area (Å²) in [7, 11) is 2.14. The molecule has 0 aromatic carbocycles. The van der Waals surface area contributed by atoms with Crippen molar-refractivity contribution in [1.82, 2.24) is 0 Å². The van der Waals surface area contributed by atoms with Crippen molar-refractivity contribution in [3.05, 3.63) is 36.6 Å². The lowest BCUT2D eigenvalue weighted by Crippen LogP contribution is -2.44. The zero-order valence-corrected chi connectivity index (χ0v) is 8.95. The predicted molar refractivity (Wildman–Crippen MR) is 59.7 cm³/mol. The molecule has 0 saturated heterocycles. The Labute approximate surface area is 86.4 Å². The maximum Gasteiger partial charge on any atom is 0.128 e. The van der Waals surface area contributed by atoms with Crippen LogP contribution in [0.15, 0.2) is 36.6 Å². The molecule has 0 radical (unpaired) electrons. The first-order valence-corrected chi connectivity index (χ1v) is 5.16. The van der Waals surface area contributed by atoms with Gasteiger partial charge in [-0.15, -0.1) is 0 Å². The van der Waals surface area contributed by atoms with E-state index in [0.717, 1.165) is 30.4 Å². The third-order valence-electron chi connectivity index (χ3n) is 2.72. The van der Waals surface area contributed by atoms with E-state index < -0.39 is 0 Å². The number of aliphatic hydroxyl groups excluding tert-OH is 1. The third-order valence-corrected chi connectivity index (χ3v) is 2.72. The van der Waals surface area contributed by atoms with E-state index >= 15 is 0 Å². The van der Waals surface area contributed by atoms with Crippen molar-refractivity contribution < 1.29 is 9.59 Å². The van der Waals surface area contributed by atoms with E-state index in [1.54, 1.807) is 0 Å². The summed E-state index contributed by atoms with van der Waals surface area (Å²) in [5.41, 5.74) is 1.30. The summed E-state index contributed by atoms with van der Waals surface area (Å²) >= 11 is 0. The topological polar surface area (TPSA) is 20.2 Å². The lowest BCUT2D eigenvalue weighted by Gasteiger charge is -2.34. The van der Waals surface area contributed by atoms with Crippen LogP contribution in [0, 0.1) is 0 Å². The molecule has 0 aromatic rings. The van der Waals surface area contributed by atoms with Crippen molar-refractivity contribution in [2.75, 3.05) is 26.7 Å². The Morgan fingerprint density at radius 2 is 2.36 bits per heavy atom. The number of rotatable bonds is 5. The zero-order valence-electron chi connectivity index (χ0n) is 8.95. The van der Waals surface area contributed by atoms with Gasteiger partial charge in [-0.05, 0) is 31.1 Å². The van der Waals surface area contributed by atoms with Crippen molar-refractivity contribution >= 4 is 0 Å². The number of allylic oxidation sites excluding steroid dienone is 3. The number of likely N-dealkylation sites (N-methyl/N-ethyl adjacent to an activating group) is 1. The van der Waals surface area contributed by atoms with Gasteiger partial charge in [0.05, 0.1) is 13.7 Å². The second kappa shape index (κ2) is 5.13. The van der Waals surface area contributed by atoms with Crippen LogP contribution in [0.5, 0.6) is 0 Å². The van der Waals surface area contributed by atoms with Crippen LogP contribution < -0.4 is 0 Å². The molecule has 1 N–H and O–H groups in total. The smallest absolute Gasteiger partial charge is 0.128 e. The molecule has 0 saturated carbocycles. The van der Waals surface area contributed by atoms with Crippen LogP contribution in [-0.4, -0.2) is 36.3 Å². The minimum absolute atomic E-state index is 0.218. The van der Waals surface area contributed by atoms with Crippen LogP contribution >= 0.6 is 0 Å². The first kappa shape index (κ1) is 11.2. The van der Waals surface area contributed by atoms with Gasteiger partial charge < -0.3 is 5.11 Å². The van der Waals surface area contributed by atoms with Crippen LogP contribution in [0.1, 0.15) is 12.8 Å². The Balaban J connectivity index is 2.79. The SMILES string of the molecule is C=CC[N+](C)(CCO)C1=CCCC=C1.